The predicted octanol–water partition coefficient (Wildman–Crippen LogP) is 8.44. The Morgan fingerprint density at radius 1 is 0.891 bits per heavy atom. The first-order valence-corrected chi connectivity index (χ1v) is 17.8. The zero-order valence-electron chi connectivity index (χ0n) is 27.5. The summed E-state index contributed by atoms with van der Waals surface area (Å²) in [5.74, 6) is 1.14. The number of alkyl halides is 1. The van der Waals surface area contributed by atoms with Gasteiger partial charge in [0.1, 0.15) is 11.9 Å². The van der Waals surface area contributed by atoms with Crippen molar-refractivity contribution in [2.45, 2.75) is 102 Å². The van der Waals surface area contributed by atoms with Gasteiger partial charge in [0.2, 0.25) is 5.91 Å². The number of aromatic hydroxyl groups is 1. The number of amides is 1. The van der Waals surface area contributed by atoms with E-state index in [4.69, 9.17) is 0 Å². The number of unbranched alkanes of at least 4 members (excludes halogenated alkanes) is 1. The zero-order chi connectivity index (χ0) is 32.1. The summed E-state index contributed by atoms with van der Waals surface area (Å²) in [7, 11) is 0. The fourth-order valence-corrected chi connectivity index (χ4v) is 9.47. The lowest BCUT2D eigenvalue weighted by atomic mass is 9.51. The Balaban J connectivity index is 1.10. The maximum absolute atomic E-state index is 16.1. The zero-order valence-corrected chi connectivity index (χ0v) is 27.5. The number of aliphatic hydroxyl groups is 1. The van der Waals surface area contributed by atoms with Gasteiger partial charge < -0.3 is 15.1 Å². The van der Waals surface area contributed by atoms with E-state index < -0.39 is 12.3 Å². The van der Waals surface area contributed by atoms with E-state index in [1.165, 1.54) is 11.1 Å². The van der Waals surface area contributed by atoms with E-state index >= 15 is 4.39 Å². The van der Waals surface area contributed by atoms with E-state index in [9.17, 15) is 15.0 Å². The molecular formula is C41H52FNO3. The van der Waals surface area contributed by atoms with Crippen molar-refractivity contribution in [2.75, 3.05) is 13.1 Å². The number of aryl methyl sites for hydroxylation is 2. The van der Waals surface area contributed by atoms with Crippen LogP contribution in [0.4, 0.5) is 4.39 Å². The third-order valence-corrected chi connectivity index (χ3v) is 11.8. The summed E-state index contributed by atoms with van der Waals surface area (Å²) in [5.41, 5.74) is 4.37. The first-order chi connectivity index (χ1) is 22.3. The highest BCUT2D eigenvalue weighted by atomic mass is 19.1. The summed E-state index contributed by atoms with van der Waals surface area (Å²) < 4.78 is 16.1. The molecule has 46 heavy (non-hydrogen) atoms. The van der Waals surface area contributed by atoms with Crippen molar-refractivity contribution in [3.63, 3.8) is 0 Å². The molecule has 246 valence electrons. The van der Waals surface area contributed by atoms with Crippen molar-refractivity contribution in [3.8, 4) is 5.75 Å². The lowest BCUT2D eigenvalue weighted by Gasteiger charge is -2.54. The lowest BCUT2D eigenvalue weighted by molar-refractivity contribution is -0.131. The lowest BCUT2D eigenvalue weighted by Crippen LogP contribution is -2.51. The third-order valence-electron chi connectivity index (χ3n) is 11.8. The minimum atomic E-state index is -0.987. The van der Waals surface area contributed by atoms with Crippen LogP contribution in [0.2, 0.25) is 0 Å². The van der Waals surface area contributed by atoms with Gasteiger partial charge in [0.15, 0.2) is 0 Å². The Morgan fingerprint density at radius 3 is 2.28 bits per heavy atom. The Bertz CT molecular complexity index is 1430. The van der Waals surface area contributed by atoms with Crippen LogP contribution in [-0.2, 0) is 24.1 Å². The third kappa shape index (κ3) is 7.20. The van der Waals surface area contributed by atoms with Gasteiger partial charge in [0.25, 0.3) is 0 Å². The van der Waals surface area contributed by atoms with Crippen molar-refractivity contribution in [2.24, 2.45) is 23.2 Å². The smallest absolute Gasteiger partial charge is 0.222 e. The van der Waals surface area contributed by atoms with Crippen LogP contribution in [0.15, 0.2) is 78.9 Å². The summed E-state index contributed by atoms with van der Waals surface area (Å²) in [6.07, 6.45) is 8.69. The van der Waals surface area contributed by atoms with Gasteiger partial charge in [0, 0.05) is 25.4 Å². The number of phenols is 1. The number of aliphatic hydroxyl groups excluding tert-OH is 1. The van der Waals surface area contributed by atoms with Crippen LogP contribution < -0.4 is 0 Å². The number of halogens is 1. The molecule has 0 saturated heterocycles. The van der Waals surface area contributed by atoms with Crippen LogP contribution in [0.1, 0.15) is 92.9 Å². The van der Waals surface area contributed by atoms with Crippen molar-refractivity contribution in [1.29, 1.82) is 0 Å². The molecule has 2 fully saturated rings. The molecule has 3 aromatic rings. The SMILES string of the molecule is C[C@]12C[C@H](F)C3c4ccc(O)cc4C[C@@H](CCCCN(CCCc4ccccc4)C(=O)CCCc4ccccc4)C3C1CC[C@@H]2O. The Labute approximate surface area is 275 Å². The average molecular weight is 626 g/mol. The topological polar surface area (TPSA) is 60.8 Å². The average Bonchev–Trinajstić information content (AvgIpc) is 3.35. The molecule has 6 rings (SSSR count). The Hall–Kier alpha value is -3.18. The molecule has 3 aliphatic carbocycles. The van der Waals surface area contributed by atoms with Crippen molar-refractivity contribution < 1.29 is 19.4 Å². The highest BCUT2D eigenvalue weighted by molar-refractivity contribution is 5.76. The standard InChI is InChI=1S/C41H52FNO3/c1-41-28-36(42)40-34-21-20-33(44)27-32(34)26-31(39(40)35(41)22-23-37(41)45)18-8-9-24-43(25-11-17-30-14-6-3-7-15-30)38(46)19-10-16-29-12-4-2-5-13-29/h2-7,12-15,20-21,27,31,35-37,39-40,44-45H,8-11,16-19,22-26,28H2,1H3/t31-,35?,36+,37+,39?,40?,41+/m1/s1. The normalized spacial score (nSPS) is 28.2. The number of fused-ring (bicyclic) bond motifs is 5. The largest absolute Gasteiger partial charge is 0.508 e. The molecule has 3 aromatic carbocycles. The second-order valence-corrected chi connectivity index (χ2v) is 14.7. The highest BCUT2D eigenvalue weighted by Crippen LogP contribution is 2.63. The highest BCUT2D eigenvalue weighted by Gasteiger charge is 2.59. The van der Waals surface area contributed by atoms with Gasteiger partial charge in [-0.15, -0.1) is 0 Å². The molecule has 3 aliphatic rings. The minimum absolute atomic E-state index is 0.168. The van der Waals surface area contributed by atoms with Gasteiger partial charge in [-0.3, -0.25) is 4.79 Å². The summed E-state index contributed by atoms with van der Waals surface area (Å²) in [6.45, 7) is 3.64. The number of hydrogen-bond donors (Lipinski definition) is 2. The van der Waals surface area contributed by atoms with Gasteiger partial charge >= 0.3 is 0 Å². The number of carbonyl (C=O) groups excluding carboxylic acids is 1. The van der Waals surface area contributed by atoms with Crippen LogP contribution >= 0.6 is 0 Å². The second kappa shape index (κ2) is 14.7. The van der Waals surface area contributed by atoms with E-state index in [0.717, 1.165) is 88.4 Å². The predicted molar refractivity (Wildman–Crippen MR) is 182 cm³/mol. The molecule has 0 heterocycles. The molecule has 0 radical (unpaired) electrons. The molecule has 1 amide bonds. The molecule has 5 heteroatoms. The monoisotopic (exact) mass is 625 g/mol. The fourth-order valence-electron chi connectivity index (χ4n) is 9.47. The second-order valence-electron chi connectivity index (χ2n) is 14.7. The van der Waals surface area contributed by atoms with E-state index in [-0.39, 0.29) is 28.9 Å². The van der Waals surface area contributed by atoms with Crippen molar-refractivity contribution in [3.05, 3.63) is 101 Å². The molecular weight excluding hydrogens is 573 g/mol. The number of benzene rings is 3. The van der Waals surface area contributed by atoms with Crippen LogP contribution in [0, 0.1) is 23.2 Å². The van der Waals surface area contributed by atoms with Crippen LogP contribution in [0.25, 0.3) is 0 Å². The molecule has 3 unspecified atom stereocenters. The number of nitrogens with zero attached hydrogens (tertiary/aromatic N) is 1. The van der Waals surface area contributed by atoms with Crippen LogP contribution in [0.5, 0.6) is 5.75 Å². The molecule has 0 bridgehead atoms. The molecule has 0 aliphatic heterocycles. The number of hydrogen-bond acceptors (Lipinski definition) is 3. The first-order valence-electron chi connectivity index (χ1n) is 17.8. The summed E-state index contributed by atoms with van der Waals surface area (Å²) in [6, 6.07) is 26.4. The van der Waals surface area contributed by atoms with E-state index in [1.54, 1.807) is 6.07 Å². The van der Waals surface area contributed by atoms with E-state index in [1.807, 2.05) is 24.3 Å². The van der Waals surface area contributed by atoms with Gasteiger partial charge in [-0.05, 0) is 122 Å². The maximum Gasteiger partial charge on any atom is 0.222 e. The fraction of sp³-hybridized carbons (Fsp3) is 0.537. The summed E-state index contributed by atoms with van der Waals surface area (Å²) in [5, 5.41) is 21.3. The van der Waals surface area contributed by atoms with Gasteiger partial charge in [0.05, 0.1) is 6.10 Å². The molecule has 2 saturated carbocycles. The van der Waals surface area contributed by atoms with Crippen LogP contribution in [0.3, 0.4) is 0 Å². The molecule has 0 spiro atoms. The molecule has 4 nitrogen and oxygen atoms in total. The Morgan fingerprint density at radius 2 is 1.57 bits per heavy atom. The van der Waals surface area contributed by atoms with Gasteiger partial charge in [-0.2, -0.15) is 0 Å². The number of phenolic OH excluding ortho intramolecular Hbond substituents is 1. The molecule has 7 atom stereocenters. The maximum atomic E-state index is 16.1. The van der Waals surface area contributed by atoms with Gasteiger partial charge in [-0.1, -0.05) is 80.1 Å². The molecule has 2 N–H and O–H groups in total. The van der Waals surface area contributed by atoms with Crippen molar-refractivity contribution >= 4 is 5.91 Å². The Kier molecular flexibility index (Phi) is 10.5. The number of rotatable bonds is 13. The van der Waals surface area contributed by atoms with Crippen molar-refractivity contribution in [1.82, 2.24) is 4.90 Å². The van der Waals surface area contributed by atoms with Crippen LogP contribution in [-0.4, -0.2) is 46.4 Å². The van der Waals surface area contributed by atoms with E-state index in [2.05, 4.69) is 60.4 Å². The summed E-state index contributed by atoms with van der Waals surface area (Å²) >= 11 is 0. The van der Waals surface area contributed by atoms with Gasteiger partial charge in [-0.25, -0.2) is 4.39 Å². The minimum Gasteiger partial charge on any atom is -0.508 e. The molecule has 0 aromatic heterocycles. The quantitative estimate of drug-likeness (QED) is 0.188. The number of carbonyl (C=O) groups is 1. The van der Waals surface area contributed by atoms with E-state index in [0.29, 0.717) is 24.7 Å². The first kappa shape index (κ1) is 32.7. The summed E-state index contributed by atoms with van der Waals surface area (Å²) in [4.78, 5) is 15.6.